The standard InChI is InChI=1S/C15H23NO.2C12H20N2O2.C11H18N2O2/c1-2-15(17)4-3-5-16-13-7-11-6-12(9-13)10-14(16)8-11;15-12(9-13-16)5-2-8-14-10-3-1-4-11(14)7-6-10;15-12(7-13-16)2-1-5-14-8-10-3-4-11(6-10)9-14;14-11(8-12-15)2-1-7-13-9-3-4-10(13)6-5-9/h2,11-14H,1,3-10H2;9-11,16H,1-8H2;7,10-11,16H,1-6,8-9H2;8-10,15H,1-7H2/b;13-9+;13-7+;12-8+. The predicted octanol–water partition coefficient (Wildman–Crippen LogP) is 7.55. The Balaban J connectivity index is 0.000000142. The Morgan fingerprint density at radius 2 is 0.781 bits per heavy atom. The van der Waals surface area contributed by atoms with Crippen molar-refractivity contribution in [3.05, 3.63) is 12.7 Å². The number of oxime groups is 3. The molecule has 7 heterocycles. The van der Waals surface area contributed by atoms with Crippen molar-refractivity contribution in [2.45, 2.75) is 197 Å². The van der Waals surface area contributed by atoms with Crippen LogP contribution in [0.1, 0.15) is 161 Å². The summed E-state index contributed by atoms with van der Waals surface area (Å²) in [6.07, 6.45) is 33.9. The van der Waals surface area contributed by atoms with Crippen molar-refractivity contribution in [3.8, 4) is 0 Å². The van der Waals surface area contributed by atoms with Crippen molar-refractivity contribution in [1.29, 1.82) is 0 Å². The molecule has 358 valence electrons. The summed E-state index contributed by atoms with van der Waals surface area (Å²) in [4.78, 5) is 54.9. The van der Waals surface area contributed by atoms with E-state index < -0.39 is 0 Å². The van der Waals surface area contributed by atoms with Gasteiger partial charge in [-0.05, 0) is 184 Å². The van der Waals surface area contributed by atoms with Gasteiger partial charge in [0.05, 0.1) is 0 Å². The summed E-state index contributed by atoms with van der Waals surface area (Å²) >= 11 is 0. The number of nitrogens with zero attached hydrogens (tertiary/aromatic N) is 7. The van der Waals surface area contributed by atoms with E-state index in [4.69, 9.17) is 15.6 Å². The lowest BCUT2D eigenvalue weighted by atomic mass is 9.63. The molecule has 10 rings (SSSR count). The van der Waals surface area contributed by atoms with Gasteiger partial charge in [-0.1, -0.05) is 28.5 Å². The van der Waals surface area contributed by atoms with Crippen LogP contribution in [-0.2, 0) is 19.2 Å². The van der Waals surface area contributed by atoms with Gasteiger partial charge in [0.1, 0.15) is 18.6 Å². The molecule has 0 amide bonds. The number of hydrogen-bond donors (Lipinski definition) is 3. The SMILES string of the molecule is C=CC(=O)CCCN1C2CC3CC(C2)CC1C3.O=C(/C=N/O)CCCN1C2CCC1CC2.O=C(/C=N/O)CCCN1C2CCCC1CC2.O=C(/C=N/O)CCCN1CC2CCC(C2)C1. The van der Waals surface area contributed by atoms with Gasteiger partial charge in [-0.15, -0.1) is 0 Å². The number of carbonyl (C=O) groups excluding carboxylic acids is 4. The highest BCUT2D eigenvalue weighted by molar-refractivity contribution is 6.27. The third-order valence-electron chi connectivity index (χ3n) is 16.4. The fourth-order valence-electron chi connectivity index (χ4n) is 13.7. The molecule has 64 heavy (non-hydrogen) atoms. The van der Waals surface area contributed by atoms with Crippen LogP contribution in [0.5, 0.6) is 0 Å². The second-order valence-electron chi connectivity index (χ2n) is 20.7. The van der Waals surface area contributed by atoms with E-state index in [2.05, 4.69) is 41.6 Å². The van der Waals surface area contributed by atoms with Crippen molar-refractivity contribution in [2.24, 2.45) is 39.1 Å². The van der Waals surface area contributed by atoms with E-state index in [-0.39, 0.29) is 23.1 Å². The number of ketones is 4. The lowest BCUT2D eigenvalue weighted by molar-refractivity contribution is -0.115. The zero-order chi connectivity index (χ0) is 45.3. The van der Waals surface area contributed by atoms with Gasteiger partial charge in [0.15, 0.2) is 23.1 Å². The number of rotatable bonds is 20. The van der Waals surface area contributed by atoms with Crippen LogP contribution in [-0.4, -0.2) is 153 Å². The maximum Gasteiger partial charge on any atom is 0.177 e. The monoisotopic (exact) mass is 892 g/mol. The molecule has 14 nitrogen and oxygen atoms in total. The molecule has 4 unspecified atom stereocenters. The Morgan fingerprint density at radius 3 is 1.17 bits per heavy atom. The van der Waals surface area contributed by atoms with Gasteiger partial charge in [0.25, 0.3) is 0 Å². The number of likely N-dealkylation sites (tertiary alicyclic amines) is 1. The van der Waals surface area contributed by atoms with Crippen molar-refractivity contribution in [3.63, 3.8) is 0 Å². The maximum atomic E-state index is 11.2. The first-order chi connectivity index (χ1) is 31.2. The molecule has 0 aromatic carbocycles. The quantitative estimate of drug-likeness (QED) is 0.0476. The van der Waals surface area contributed by atoms with Crippen LogP contribution in [0, 0.1) is 23.7 Å². The number of fused-ring (bicyclic) bond motifs is 6. The zero-order valence-corrected chi connectivity index (χ0v) is 38.8. The third-order valence-corrected chi connectivity index (χ3v) is 16.4. The Morgan fingerprint density at radius 1 is 0.438 bits per heavy atom. The van der Waals surface area contributed by atoms with Crippen molar-refractivity contribution in [1.82, 2.24) is 19.6 Å². The summed E-state index contributed by atoms with van der Waals surface area (Å²) in [7, 11) is 0. The van der Waals surface area contributed by atoms with E-state index in [0.29, 0.717) is 25.7 Å². The van der Waals surface area contributed by atoms with Crippen LogP contribution < -0.4 is 0 Å². The summed E-state index contributed by atoms with van der Waals surface area (Å²) in [5, 5.41) is 32.8. The van der Waals surface area contributed by atoms with E-state index in [9.17, 15) is 19.2 Å². The van der Waals surface area contributed by atoms with Gasteiger partial charge < -0.3 is 20.5 Å². The molecule has 10 bridgehead atoms. The van der Waals surface area contributed by atoms with Gasteiger partial charge in [-0.3, -0.25) is 33.9 Å². The van der Waals surface area contributed by atoms with Crippen LogP contribution in [0.15, 0.2) is 28.1 Å². The summed E-state index contributed by atoms with van der Waals surface area (Å²) in [6, 6.07) is 4.84. The maximum absolute atomic E-state index is 11.2. The first-order valence-corrected chi connectivity index (χ1v) is 25.4. The number of piperidine rings is 4. The van der Waals surface area contributed by atoms with Gasteiger partial charge >= 0.3 is 0 Å². The molecule has 3 N–H and O–H groups in total. The molecule has 3 aliphatic carbocycles. The van der Waals surface area contributed by atoms with E-state index >= 15 is 0 Å². The number of allylic oxidation sites excluding steroid dienone is 1. The highest BCUT2D eigenvalue weighted by Crippen LogP contribution is 2.49. The summed E-state index contributed by atoms with van der Waals surface area (Å²) in [5.41, 5.74) is 0. The first kappa shape index (κ1) is 50.1. The lowest BCUT2D eigenvalue weighted by Crippen LogP contribution is -2.58. The average molecular weight is 892 g/mol. The molecule has 0 spiro atoms. The van der Waals surface area contributed by atoms with Gasteiger partial charge in [0, 0.05) is 75.0 Å². The fraction of sp³-hybridized carbons (Fsp3) is 0.820. The third kappa shape index (κ3) is 15.1. The van der Waals surface area contributed by atoms with E-state index in [1.165, 1.54) is 128 Å². The minimum Gasteiger partial charge on any atom is -0.411 e. The van der Waals surface area contributed by atoms with Gasteiger partial charge in [0.2, 0.25) is 0 Å². The molecule has 4 atom stereocenters. The highest BCUT2D eigenvalue weighted by atomic mass is 16.4. The topological polar surface area (TPSA) is 179 Å². The van der Waals surface area contributed by atoms with Crippen LogP contribution in [0.2, 0.25) is 0 Å². The Kier molecular flexibility index (Phi) is 20.4. The van der Waals surface area contributed by atoms with Crippen molar-refractivity contribution in [2.75, 3.05) is 39.3 Å². The largest absolute Gasteiger partial charge is 0.411 e. The lowest BCUT2D eigenvalue weighted by Gasteiger charge is -2.56. The normalized spacial score (nSPS) is 32.6. The molecule has 10 aliphatic rings. The predicted molar refractivity (Wildman–Crippen MR) is 250 cm³/mol. The molecule has 0 aromatic heterocycles. The minimum atomic E-state index is -0.0810. The Hall–Kier alpha value is -3.33. The minimum absolute atomic E-state index is 0.0770. The molecule has 10 fully saturated rings. The van der Waals surface area contributed by atoms with E-state index in [1.807, 2.05) is 0 Å². The van der Waals surface area contributed by atoms with Crippen molar-refractivity contribution < 1.29 is 34.8 Å². The number of carbonyl (C=O) groups is 4. The van der Waals surface area contributed by atoms with Crippen LogP contribution in [0.25, 0.3) is 0 Å². The Bertz CT molecular complexity index is 1530. The molecular formula is C50H81N7O7. The molecule has 7 saturated heterocycles. The fourth-order valence-corrected chi connectivity index (χ4v) is 13.7. The molecule has 3 saturated carbocycles. The first-order valence-electron chi connectivity index (χ1n) is 25.4. The molecule has 0 radical (unpaired) electrons. The number of Topliss-reactive ketones (excluding diaryl/α,β-unsaturated/α-hetero) is 3. The average Bonchev–Trinajstić information content (AvgIpc) is 4.01. The molecule has 0 aromatic rings. The number of hydrogen-bond acceptors (Lipinski definition) is 14. The van der Waals surface area contributed by atoms with Crippen LogP contribution in [0.3, 0.4) is 0 Å². The Labute approximate surface area is 383 Å². The molecule has 14 heteroatoms. The summed E-state index contributed by atoms with van der Waals surface area (Å²) < 4.78 is 0. The van der Waals surface area contributed by atoms with Crippen molar-refractivity contribution >= 4 is 41.8 Å². The van der Waals surface area contributed by atoms with Gasteiger partial charge in [-0.25, -0.2) is 0 Å². The van der Waals surface area contributed by atoms with Gasteiger partial charge in [-0.2, -0.15) is 0 Å². The molecule has 7 aliphatic heterocycles. The molecular weight excluding hydrogens is 811 g/mol. The van der Waals surface area contributed by atoms with E-state index in [0.717, 1.165) is 130 Å². The summed E-state index contributed by atoms with van der Waals surface area (Å²) in [5.74, 6) is 3.85. The second kappa shape index (κ2) is 26.1. The highest BCUT2D eigenvalue weighted by Gasteiger charge is 2.46. The smallest absolute Gasteiger partial charge is 0.177 e. The summed E-state index contributed by atoms with van der Waals surface area (Å²) in [6.45, 7) is 10.2. The van der Waals surface area contributed by atoms with Crippen LogP contribution >= 0.6 is 0 Å². The van der Waals surface area contributed by atoms with Crippen LogP contribution in [0.4, 0.5) is 0 Å². The zero-order valence-electron chi connectivity index (χ0n) is 38.8. The van der Waals surface area contributed by atoms with E-state index in [1.54, 1.807) is 0 Å². The second-order valence-corrected chi connectivity index (χ2v) is 20.7.